The van der Waals surface area contributed by atoms with E-state index in [9.17, 15) is 24.6 Å². The SMILES string of the molecule is C[C@]12C=CC(=O)C=C1CC[C@@H]1C2=CC[C@@]2(C)[C@H]1CC(OCC(=O)c1ccccc1)[C@]2(O)C(=O)CO. The van der Waals surface area contributed by atoms with E-state index in [4.69, 9.17) is 4.74 Å². The van der Waals surface area contributed by atoms with Crippen LogP contribution < -0.4 is 0 Å². The fraction of sp³-hybridized carbons (Fsp3) is 0.483. The summed E-state index contributed by atoms with van der Waals surface area (Å²) in [4.78, 5) is 37.8. The standard InChI is InChI=1S/C29H32O6/c1-27-12-10-20(31)14-19(27)8-9-21-22(27)11-13-28(2)23(21)15-26(29(28,34)25(33)16-30)35-17-24(32)18-6-4-3-5-7-18/h3-7,10-12,14,21,23,26,30,34H,8-9,13,15-17H2,1-2H3/t21-,23+,26?,27+,28+,29-/m1/s1. The second-order valence-electron chi connectivity index (χ2n) is 10.8. The zero-order valence-electron chi connectivity index (χ0n) is 20.2. The molecule has 0 radical (unpaired) electrons. The second kappa shape index (κ2) is 8.47. The summed E-state index contributed by atoms with van der Waals surface area (Å²) in [6.07, 6.45) is 9.03. The molecule has 1 aromatic carbocycles. The topological polar surface area (TPSA) is 101 Å². The van der Waals surface area contributed by atoms with Crippen LogP contribution in [0.25, 0.3) is 0 Å². The molecule has 0 saturated heterocycles. The number of benzene rings is 1. The normalized spacial score (nSPS) is 37.6. The number of carbonyl (C=O) groups is 3. The quantitative estimate of drug-likeness (QED) is 0.482. The Kier molecular flexibility index (Phi) is 5.82. The van der Waals surface area contributed by atoms with Gasteiger partial charge >= 0.3 is 0 Å². The monoisotopic (exact) mass is 476 g/mol. The molecule has 0 bridgehead atoms. The van der Waals surface area contributed by atoms with Crippen molar-refractivity contribution in [3.63, 3.8) is 0 Å². The van der Waals surface area contributed by atoms with Gasteiger partial charge in [-0.3, -0.25) is 14.4 Å². The van der Waals surface area contributed by atoms with Crippen molar-refractivity contribution in [1.29, 1.82) is 0 Å². The van der Waals surface area contributed by atoms with Crippen molar-refractivity contribution < 1.29 is 29.3 Å². The van der Waals surface area contributed by atoms with Crippen LogP contribution in [0, 0.1) is 22.7 Å². The van der Waals surface area contributed by atoms with Crippen molar-refractivity contribution in [2.45, 2.75) is 51.2 Å². The van der Waals surface area contributed by atoms with Crippen LogP contribution in [0.15, 0.2) is 65.8 Å². The van der Waals surface area contributed by atoms with Crippen LogP contribution in [0.4, 0.5) is 0 Å². The Morgan fingerprint density at radius 2 is 1.91 bits per heavy atom. The summed E-state index contributed by atoms with van der Waals surface area (Å²) in [7, 11) is 0. The highest BCUT2D eigenvalue weighted by Crippen LogP contribution is 2.65. The summed E-state index contributed by atoms with van der Waals surface area (Å²) in [5.41, 5.74) is -0.251. The summed E-state index contributed by atoms with van der Waals surface area (Å²) >= 11 is 0. The van der Waals surface area contributed by atoms with E-state index in [1.165, 1.54) is 5.57 Å². The number of allylic oxidation sites excluding steroid dienone is 6. The van der Waals surface area contributed by atoms with Crippen LogP contribution in [-0.4, -0.2) is 52.5 Å². The molecule has 184 valence electrons. The van der Waals surface area contributed by atoms with Gasteiger partial charge in [-0.2, -0.15) is 0 Å². The summed E-state index contributed by atoms with van der Waals surface area (Å²) < 4.78 is 6.02. The molecule has 0 amide bonds. The number of aliphatic hydroxyl groups is 2. The predicted octanol–water partition coefficient (Wildman–Crippen LogP) is 3.38. The van der Waals surface area contributed by atoms with Gasteiger partial charge in [-0.25, -0.2) is 0 Å². The summed E-state index contributed by atoms with van der Waals surface area (Å²) in [5.74, 6) is -0.839. The van der Waals surface area contributed by atoms with Gasteiger partial charge in [0.15, 0.2) is 23.0 Å². The first-order valence-corrected chi connectivity index (χ1v) is 12.4. The first-order chi connectivity index (χ1) is 16.6. The Balaban J connectivity index is 1.47. The van der Waals surface area contributed by atoms with Gasteiger partial charge in [-0.15, -0.1) is 0 Å². The maximum absolute atomic E-state index is 13.1. The van der Waals surface area contributed by atoms with E-state index in [2.05, 4.69) is 13.0 Å². The Bertz CT molecular complexity index is 1160. The summed E-state index contributed by atoms with van der Waals surface area (Å²) in [5, 5.41) is 21.7. The lowest BCUT2D eigenvalue weighted by molar-refractivity contribution is -0.174. The molecule has 35 heavy (non-hydrogen) atoms. The number of hydrogen-bond donors (Lipinski definition) is 2. The van der Waals surface area contributed by atoms with Gasteiger partial charge in [0.1, 0.15) is 13.2 Å². The van der Waals surface area contributed by atoms with Crippen molar-refractivity contribution in [2.75, 3.05) is 13.2 Å². The third kappa shape index (κ3) is 3.45. The number of fused-ring (bicyclic) bond motifs is 5. The van der Waals surface area contributed by atoms with Gasteiger partial charge in [-0.05, 0) is 56.6 Å². The Morgan fingerprint density at radius 1 is 1.17 bits per heavy atom. The number of Topliss-reactive ketones (excluding diaryl/α,β-unsaturated/α-hetero) is 2. The highest BCUT2D eigenvalue weighted by atomic mass is 16.5. The van der Waals surface area contributed by atoms with Crippen molar-refractivity contribution in [1.82, 2.24) is 0 Å². The van der Waals surface area contributed by atoms with E-state index in [1.54, 1.807) is 36.4 Å². The second-order valence-corrected chi connectivity index (χ2v) is 10.8. The van der Waals surface area contributed by atoms with Crippen molar-refractivity contribution >= 4 is 17.3 Å². The Hall–Kier alpha value is -2.67. The molecule has 2 fully saturated rings. The van der Waals surface area contributed by atoms with Gasteiger partial charge < -0.3 is 14.9 Å². The zero-order valence-corrected chi connectivity index (χ0v) is 20.2. The molecule has 4 aliphatic carbocycles. The molecule has 0 aromatic heterocycles. The van der Waals surface area contributed by atoms with E-state index in [0.717, 1.165) is 18.4 Å². The maximum atomic E-state index is 13.1. The highest BCUT2D eigenvalue weighted by Gasteiger charge is 2.69. The van der Waals surface area contributed by atoms with Gasteiger partial charge in [0.2, 0.25) is 0 Å². The molecule has 1 unspecified atom stereocenters. The minimum atomic E-state index is -1.90. The van der Waals surface area contributed by atoms with Gasteiger partial charge in [0.25, 0.3) is 0 Å². The van der Waals surface area contributed by atoms with Crippen LogP contribution in [0.1, 0.15) is 49.9 Å². The molecule has 0 heterocycles. The average molecular weight is 477 g/mol. The molecular weight excluding hydrogens is 444 g/mol. The predicted molar refractivity (Wildman–Crippen MR) is 130 cm³/mol. The number of rotatable bonds is 6. The van der Waals surface area contributed by atoms with Crippen LogP contribution >= 0.6 is 0 Å². The lowest BCUT2D eigenvalue weighted by atomic mass is 9.51. The molecule has 6 atom stereocenters. The van der Waals surface area contributed by atoms with Crippen LogP contribution in [0.5, 0.6) is 0 Å². The molecule has 5 rings (SSSR count). The average Bonchev–Trinajstić information content (AvgIpc) is 3.10. The van der Waals surface area contributed by atoms with Gasteiger partial charge in [-0.1, -0.05) is 60.6 Å². The minimum Gasteiger partial charge on any atom is -0.388 e. The number of carbonyl (C=O) groups excluding carboxylic acids is 3. The highest BCUT2D eigenvalue weighted by molar-refractivity contribution is 6.01. The lowest BCUT2D eigenvalue weighted by Crippen LogP contribution is -2.60. The molecular formula is C29H32O6. The first kappa shape index (κ1) is 24.0. The lowest BCUT2D eigenvalue weighted by Gasteiger charge is -2.53. The maximum Gasteiger partial charge on any atom is 0.192 e. The number of ketones is 3. The number of ether oxygens (including phenoxy) is 1. The largest absolute Gasteiger partial charge is 0.388 e. The molecule has 0 spiro atoms. The summed E-state index contributed by atoms with van der Waals surface area (Å²) in [6.45, 7) is 3.00. The van der Waals surface area contributed by atoms with E-state index < -0.39 is 29.5 Å². The Labute approximate surface area is 205 Å². The molecule has 6 nitrogen and oxygen atoms in total. The molecule has 1 aromatic rings. The molecule has 6 heteroatoms. The fourth-order valence-corrected chi connectivity index (χ4v) is 7.21. The smallest absolute Gasteiger partial charge is 0.192 e. The van der Waals surface area contributed by atoms with Crippen molar-refractivity contribution in [3.8, 4) is 0 Å². The fourth-order valence-electron chi connectivity index (χ4n) is 7.21. The molecule has 4 aliphatic rings. The van der Waals surface area contributed by atoms with Crippen molar-refractivity contribution in [2.24, 2.45) is 22.7 Å². The third-order valence-electron chi connectivity index (χ3n) is 9.22. The van der Waals surface area contributed by atoms with Crippen LogP contribution in [-0.2, 0) is 14.3 Å². The molecule has 2 N–H and O–H groups in total. The molecule has 0 aliphatic heterocycles. The number of hydrogen-bond acceptors (Lipinski definition) is 6. The number of aliphatic hydroxyl groups excluding tert-OH is 1. The van der Waals surface area contributed by atoms with Gasteiger partial charge in [0, 0.05) is 16.4 Å². The first-order valence-electron chi connectivity index (χ1n) is 12.4. The molecule has 2 saturated carbocycles. The zero-order chi connectivity index (χ0) is 25.0. The van der Waals surface area contributed by atoms with E-state index >= 15 is 0 Å². The van der Waals surface area contributed by atoms with Crippen molar-refractivity contribution in [3.05, 3.63) is 71.3 Å². The van der Waals surface area contributed by atoms with Gasteiger partial charge in [0.05, 0.1) is 6.10 Å². The van der Waals surface area contributed by atoms with E-state index in [0.29, 0.717) is 18.4 Å². The van der Waals surface area contributed by atoms with Crippen LogP contribution in [0.3, 0.4) is 0 Å². The van der Waals surface area contributed by atoms with Crippen LogP contribution in [0.2, 0.25) is 0 Å². The van der Waals surface area contributed by atoms with E-state index in [1.807, 2.05) is 19.1 Å². The Morgan fingerprint density at radius 3 is 2.63 bits per heavy atom. The third-order valence-corrected chi connectivity index (χ3v) is 9.22. The summed E-state index contributed by atoms with van der Waals surface area (Å²) in [6, 6.07) is 8.79. The van der Waals surface area contributed by atoms with E-state index in [-0.39, 0.29) is 35.4 Å². The minimum absolute atomic E-state index is 0.0116.